The summed E-state index contributed by atoms with van der Waals surface area (Å²) in [6.45, 7) is 5.20. The third-order valence-corrected chi connectivity index (χ3v) is 4.41. The van der Waals surface area contributed by atoms with E-state index in [0.717, 1.165) is 30.7 Å². The summed E-state index contributed by atoms with van der Waals surface area (Å²) in [7, 11) is -3.84. The van der Waals surface area contributed by atoms with Crippen LogP contribution in [0.1, 0.15) is 27.2 Å². The molecule has 0 fully saturated rings. The molecule has 112 valence electrons. The number of hydrogen-bond donors (Lipinski definition) is 2. The third-order valence-electron chi connectivity index (χ3n) is 2.85. The highest BCUT2D eigenvalue weighted by Gasteiger charge is 2.22. The van der Waals surface area contributed by atoms with E-state index in [0.29, 0.717) is 0 Å². The van der Waals surface area contributed by atoms with Crippen LogP contribution >= 0.6 is 0 Å². The quantitative estimate of drug-likeness (QED) is 0.834. The van der Waals surface area contributed by atoms with Gasteiger partial charge in [-0.3, -0.25) is 4.79 Å². The SMILES string of the molecule is CCC(C)NC(=O)C(C)NS(=O)(=O)c1ccc(F)cc1. The number of carbonyl (C=O) groups is 1. The van der Waals surface area contributed by atoms with Gasteiger partial charge in [0.2, 0.25) is 15.9 Å². The van der Waals surface area contributed by atoms with Gasteiger partial charge in [0, 0.05) is 6.04 Å². The predicted octanol–water partition coefficient (Wildman–Crippen LogP) is 1.41. The lowest BCUT2D eigenvalue weighted by atomic mass is 10.2. The zero-order valence-electron chi connectivity index (χ0n) is 11.7. The van der Waals surface area contributed by atoms with Crippen LogP contribution in [0.5, 0.6) is 0 Å². The number of halogens is 1. The van der Waals surface area contributed by atoms with E-state index in [1.165, 1.54) is 6.92 Å². The van der Waals surface area contributed by atoms with Gasteiger partial charge in [-0.15, -0.1) is 0 Å². The molecule has 0 bridgehead atoms. The lowest BCUT2D eigenvalue weighted by Crippen LogP contribution is -2.47. The standard InChI is InChI=1S/C13H19FN2O3S/c1-4-9(2)15-13(17)10(3)16-20(18,19)12-7-5-11(14)6-8-12/h5-10,16H,4H2,1-3H3,(H,15,17). The highest BCUT2D eigenvalue weighted by molar-refractivity contribution is 7.89. The first-order valence-electron chi connectivity index (χ1n) is 6.34. The molecule has 0 saturated heterocycles. The zero-order valence-corrected chi connectivity index (χ0v) is 12.5. The minimum atomic E-state index is -3.84. The number of carbonyl (C=O) groups excluding carboxylic acids is 1. The van der Waals surface area contributed by atoms with Crippen molar-refractivity contribution in [3.8, 4) is 0 Å². The number of sulfonamides is 1. The Morgan fingerprint density at radius 2 is 1.80 bits per heavy atom. The van der Waals surface area contributed by atoms with Gasteiger partial charge in [-0.25, -0.2) is 12.8 Å². The first-order valence-corrected chi connectivity index (χ1v) is 7.83. The van der Waals surface area contributed by atoms with E-state index in [1.807, 2.05) is 13.8 Å². The van der Waals surface area contributed by atoms with Crippen molar-refractivity contribution < 1.29 is 17.6 Å². The van der Waals surface area contributed by atoms with Crippen LogP contribution in [0.2, 0.25) is 0 Å². The molecule has 0 heterocycles. The van der Waals surface area contributed by atoms with Gasteiger partial charge >= 0.3 is 0 Å². The Hall–Kier alpha value is -1.47. The minimum absolute atomic E-state index is 0.0275. The Bertz CT molecular complexity index is 557. The molecule has 0 aliphatic heterocycles. The normalized spacial score (nSPS) is 14.6. The summed E-state index contributed by atoms with van der Waals surface area (Å²) in [6, 6.07) is 3.48. The fraction of sp³-hybridized carbons (Fsp3) is 0.462. The van der Waals surface area contributed by atoms with E-state index < -0.39 is 27.8 Å². The Labute approximate surface area is 118 Å². The van der Waals surface area contributed by atoms with Crippen molar-refractivity contribution in [3.63, 3.8) is 0 Å². The number of rotatable bonds is 6. The van der Waals surface area contributed by atoms with Crippen LogP contribution in [-0.2, 0) is 14.8 Å². The van der Waals surface area contributed by atoms with Crippen LogP contribution in [0.15, 0.2) is 29.2 Å². The van der Waals surface area contributed by atoms with Crippen molar-refractivity contribution in [1.29, 1.82) is 0 Å². The average molecular weight is 302 g/mol. The lowest BCUT2D eigenvalue weighted by Gasteiger charge is -2.17. The van der Waals surface area contributed by atoms with E-state index in [2.05, 4.69) is 10.0 Å². The molecule has 20 heavy (non-hydrogen) atoms. The molecule has 0 spiro atoms. The van der Waals surface area contributed by atoms with E-state index in [4.69, 9.17) is 0 Å². The summed E-state index contributed by atoms with van der Waals surface area (Å²) in [5.41, 5.74) is 0. The molecule has 0 radical (unpaired) electrons. The van der Waals surface area contributed by atoms with E-state index in [-0.39, 0.29) is 10.9 Å². The summed E-state index contributed by atoms with van der Waals surface area (Å²) >= 11 is 0. The molecule has 2 atom stereocenters. The average Bonchev–Trinajstić information content (AvgIpc) is 2.38. The molecule has 1 aromatic carbocycles. The fourth-order valence-electron chi connectivity index (χ4n) is 1.44. The first kappa shape index (κ1) is 16.6. The molecule has 0 aliphatic carbocycles. The smallest absolute Gasteiger partial charge is 0.241 e. The summed E-state index contributed by atoms with van der Waals surface area (Å²) in [5.74, 6) is -0.920. The van der Waals surface area contributed by atoms with Gasteiger partial charge in [0.1, 0.15) is 5.82 Å². The third kappa shape index (κ3) is 4.57. The van der Waals surface area contributed by atoms with Crippen LogP contribution in [-0.4, -0.2) is 26.4 Å². The van der Waals surface area contributed by atoms with E-state index in [9.17, 15) is 17.6 Å². The fourth-order valence-corrected chi connectivity index (χ4v) is 2.64. The molecular formula is C13H19FN2O3S. The summed E-state index contributed by atoms with van der Waals surface area (Å²) < 4.78 is 39.0. The molecular weight excluding hydrogens is 283 g/mol. The highest BCUT2D eigenvalue weighted by Crippen LogP contribution is 2.10. The number of benzene rings is 1. The lowest BCUT2D eigenvalue weighted by molar-refractivity contribution is -0.122. The van der Waals surface area contributed by atoms with Crippen molar-refractivity contribution in [2.24, 2.45) is 0 Å². The van der Waals surface area contributed by atoms with Gasteiger partial charge in [-0.2, -0.15) is 4.72 Å². The maximum absolute atomic E-state index is 12.8. The minimum Gasteiger partial charge on any atom is -0.352 e. The number of amides is 1. The molecule has 1 aromatic rings. The summed E-state index contributed by atoms with van der Waals surface area (Å²) in [5, 5.41) is 2.69. The van der Waals surface area contributed by atoms with E-state index >= 15 is 0 Å². The van der Waals surface area contributed by atoms with Gasteiger partial charge in [0.15, 0.2) is 0 Å². The van der Waals surface area contributed by atoms with Crippen LogP contribution < -0.4 is 10.0 Å². The largest absolute Gasteiger partial charge is 0.352 e. The highest BCUT2D eigenvalue weighted by atomic mass is 32.2. The molecule has 5 nitrogen and oxygen atoms in total. The summed E-state index contributed by atoms with van der Waals surface area (Å²) in [4.78, 5) is 11.7. The molecule has 0 aromatic heterocycles. The van der Waals surface area contributed by atoms with Crippen LogP contribution in [0.4, 0.5) is 4.39 Å². The Morgan fingerprint density at radius 1 is 1.25 bits per heavy atom. The van der Waals surface area contributed by atoms with Crippen LogP contribution in [0, 0.1) is 5.82 Å². The molecule has 0 aliphatic rings. The van der Waals surface area contributed by atoms with Gasteiger partial charge in [-0.05, 0) is 44.5 Å². The van der Waals surface area contributed by atoms with Gasteiger partial charge in [-0.1, -0.05) is 6.92 Å². The molecule has 1 rings (SSSR count). The Balaban J connectivity index is 2.75. The first-order chi connectivity index (χ1) is 9.26. The zero-order chi connectivity index (χ0) is 15.3. The Morgan fingerprint density at radius 3 is 2.30 bits per heavy atom. The Kier molecular flexibility index (Phi) is 5.64. The molecule has 1 amide bonds. The van der Waals surface area contributed by atoms with Crippen molar-refractivity contribution in [1.82, 2.24) is 10.0 Å². The van der Waals surface area contributed by atoms with Crippen molar-refractivity contribution >= 4 is 15.9 Å². The summed E-state index contributed by atoms with van der Waals surface area (Å²) in [6.07, 6.45) is 0.753. The van der Waals surface area contributed by atoms with Gasteiger partial charge < -0.3 is 5.32 Å². The molecule has 2 N–H and O–H groups in total. The second kappa shape index (κ2) is 6.81. The number of nitrogens with one attached hydrogen (secondary N) is 2. The van der Waals surface area contributed by atoms with Crippen LogP contribution in [0.25, 0.3) is 0 Å². The molecule has 7 heteroatoms. The van der Waals surface area contributed by atoms with Gasteiger partial charge in [0.25, 0.3) is 0 Å². The second-order valence-electron chi connectivity index (χ2n) is 4.61. The van der Waals surface area contributed by atoms with Crippen LogP contribution in [0.3, 0.4) is 0 Å². The monoisotopic (exact) mass is 302 g/mol. The predicted molar refractivity (Wildman–Crippen MR) is 74.1 cm³/mol. The molecule has 2 unspecified atom stereocenters. The topological polar surface area (TPSA) is 75.3 Å². The van der Waals surface area contributed by atoms with Crippen molar-refractivity contribution in [2.45, 2.75) is 44.2 Å². The maximum Gasteiger partial charge on any atom is 0.241 e. The molecule has 0 saturated carbocycles. The number of hydrogen-bond acceptors (Lipinski definition) is 3. The van der Waals surface area contributed by atoms with Crippen molar-refractivity contribution in [3.05, 3.63) is 30.1 Å². The maximum atomic E-state index is 12.8. The van der Waals surface area contributed by atoms with E-state index in [1.54, 1.807) is 0 Å². The second-order valence-corrected chi connectivity index (χ2v) is 6.33. The van der Waals surface area contributed by atoms with Crippen molar-refractivity contribution in [2.75, 3.05) is 0 Å². The van der Waals surface area contributed by atoms with Gasteiger partial charge in [0.05, 0.1) is 10.9 Å².